The highest BCUT2D eigenvalue weighted by molar-refractivity contribution is 8.00. The van der Waals surface area contributed by atoms with Crippen LogP contribution in [0.15, 0.2) is 40.2 Å². The summed E-state index contributed by atoms with van der Waals surface area (Å²) in [5.74, 6) is 0.803. The van der Waals surface area contributed by atoms with Gasteiger partial charge in [0.25, 0.3) is 0 Å². The van der Waals surface area contributed by atoms with Crippen LogP contribution in [0.1, 0.15) is 12.0 Å². The predicted octanol–water partition coefficient (Wildman–Crippen LogP) is 4.47. The molecule has 0 spiro atoms. The second kappa shape index (κ2) is 8.21. The van der Waals surface area contributed by atoms with Gasteiger partial charge in [-0.05, 0) is 24.6 Å². The fourth-order valence-electron chi connectivity index (χ4n) is 1.66. The highest BCUT2D eigenvalue weighted by Crippen LogP contribution is 2.30. The topological polar surface area (TPSA) is 54.0 Å². The average molecular weight is 361 g/mol. The fraction of sp³-hybridized carbons (Fsp3) is 0.286. The molecule has 0 radical (unpaired) electrons. The number of urea groups is 1. The number of carbonyl (C=O) groups excluding carboxylic acids is 1. The van der Waals surface area contributed by atoms with Crippen molar-refractivity contribution in [3.8, 4) is 0 Å². The molecule has 0 unspecified atom stereocenters. The molecule has 2 rings (SSSR count). The summed E-state index contributed by atoms with van der Waals surface area (Å²) in [6.07, 6.45) is -1.96. The van der Waals surface area contributed by atoms with Gasteiger partial charge in [-0.3, -0.25) is 0 Å². The molecule has 0 fully saturated rings. The van der Waals surface area contributed by atoms with Crippen molar-refractivity contribution < 1.29 is 18.0 Å². The molecule has 0 saturated carbocycles. The number of thioether (sulfide) groups is 1. The van der Waals surface area contributed by atoms with E-state index in [1.807, 2.05) is 5.38 Å². The van der Waals surface area contributed by atoms with E-state index in [1.54, 1.807) is 29.3 Å². The van der Waals surface area contributed by atoms with E-state index in [2.05, 4.69) is 15.6 Å². The van der Waals surface area contributed by atoms with E-state index in [0.29, 0.717) is 6.54 Å². The van der Waals surface area contributed by atoms with Crippen LogP contribution in [0.25, 0.3) is 0 Å². The second-order valence-corrected chi connectivity index (χ2v) is 6.70. The number of hydrogen-bond acceptors (Lipinski definition) is 4. The van der Waals surface area contributed by atoms with Crippen molar-refractivity contribution in [2.75, 3.05) is 17.6 Å². The Labute approximate surface area is 139 Å². The van der Waals surface area contributed by atoms with Crippen LogP contribution in [0, 0.1) is 0 Å². The summed E-state index contributed by atoms with van der Waals surface area (Å²) < 4.78 is 38.7. The number of thiazole rings is 1. The van der Waals surface area contributed by atoms with Crippen molar-refractivity contribution in [3.05, 3.63) is 41.4 Å². The van der Waals surface area contributed by atoms with Crippen LogP contribution in [0.5, 0.6) is 0 Å². The summed E-state index contributed by atoms with van der Waals surface area (Å²) in [5, 5.41) is 6.89. The van der Waals surface area contributed by atoms with Gasteiger partial charge in [0.2, 0.25) is 0 Å². The van der Waals surface area contributed by atoms with Crippen molar-refractivity contribution in [2.45, 2.75) is 16.9 Å². The maximum absolute atomic E-state index is 12.6. The lowest BCUT2D eigenvalue weighted by atomic mass is 10.2. The lowest BCUT2D eigenvalue weighted by molar-refractivity contribution is -0.137. The van der Waals surface area contributed by atoms with Crippen molar-refractivity contribution >= 4 is 34.8 Å². The van der Waals surface area contributed by atoms with E-state index in [9.17, 15) is 18.0 Å². The molecule has 9 heteroatoms. The summed E-state index contributed by atoms with van der Waals surface area (Å²) in [4.78, 5) is 15.8. The first-order valence-electron chi connectivity index (χ1n) is 6.69. The van der Waals surface area contributed by atoms with Gasteiger partial charge >= 0.3 is 12.2 Å². The molecule has 1 heterocycles. The Hall–Kier alpha value is -1.74. The zero-order chi connectivity index (χ0) is 16.7. The Morgan fingerprint density at radius 3 is 2.87 bits per heavy atom. The predicted molar refractivity (Wildman–Crippen MR) is 85.9 cm³/mol. The zero-order valence-electron chi connectivity index (χ0n) is 11.9. The number of anilines is 1. The maximum atomic E-state index is 12.6. The monoisotopic (exact) mass is 361 g/mol. The summed E-state index contributed by atoms with van der Waals surface area (Å²) in [6, 6.07) is 4.00. The molecule has 2 aromatic rings. The summed E-state index contributed by atoms with van der Waals surface area (Å²) >= 11 is 3.15. The van der Waals surface area contributed by atoms with Crippen LogP contribution in [-0.2, 0) is 6.18 Å². The number of amides is 2. The Bertz CT molecular complexity index is 632. The molecule has 2 N–H and O–H groups in total. The molecule has 1 aromatic carbocycles. The normalized spacial score (nSPS) is 11.3. The van der Waals surface area contributed by atoms with E-state index in [0.717, 1.165) is 28.6 Å². The number of alkyl halides is 3. The minimum atomic E-state index is -4.43. The first kappa shape index (κ1) is 17.6. The Morgan fingerprint density at radius 2 is 2.17 bits per heavy atom. The van der Waals surface area contributed by atoms with Crippen LogP contribution in [0.2, 0.25) is 0 Å². The number of benzene rings is 1. The highest BCUT2D eigenvalue weighted by atomic mass is 32.2. The Morgan fingerprint density at radius 1 is 1.35 bits per heavy atom. The van der Waals surface area contributed by atoms with Crippen molar-refractivity contribution in [2.24, 2.45) is 0 Å². The summed E-state index contributed by atoms with van der Waals surface area (Å²) in [6.45, 7) is 0.434. The van der Waals surface area contributed by atoms with Crippen LogP contribution in [0.4, 0.5) is 23.7 Å². The molecule has 0 aliphatic rings. The number of hydrogen-bond donors (Lipinski definition) is 2. The molecule has 0 aliphatic heterocycles. The van der Waals surface area contributed by atoms with Gasteiger partial charge in [0.1, 0.15) is 4.34 Å². The van der Waals surface area contributed by atoms with Gasteiger partial charge in [0, 0.05) is 29.6 Å². The molecular weight excluding hydrogens is 347 g/mol. The minimum Gasteiger partial charge on any atom is -0.338 e. The largest absolute Gasteiger partial charge is 0.416 e. The molecule has 0 aliphatic carbocycles. The van der Waals surface area contributed by atoms with Gasteiger partial charge in [-0.15, -0.1) is 11.3 Å². The van der Waals surface area contributed by atoms with Gasteiger partial charge in [0.05, 0.1) is 5.56 Å². The number of nitrogens with zero attached hydrogens (tertiary/aromatic N) is 1. The number of rotatable bonds is 6. The van der Waals surface area contributed by atoms with E-state index in [-0.39, 0.29) is 5.69 Å². The summed E-state index contributed by atoms with van der Waals surface area (Å²) in [5.41, 5.74) is -0.690. The van der Waals surface area contributed by atoms with Gasteiger partial charge in [-0.1, -0.05) is 17.8 Å². The van der Waals surface area contributed by atoms with Crippen LogP contribution in [0.3, 0.4) is 0 Å². The SMILES string of the molecule is O=C(NCCCSc1nccs1)Nc1cccc(C(F)(F)F)c1. The van der Waals surface area contributed by atoms with E-state index >= 15 is 0 Å². The molecule has 0 saturated heterocycles. The van der Waals surface area contributed by atoms with Crippen molar-refractivity contribution in [1.29, 1.82) is 0 Å². The highest BCUT2D eigenvalue weighted by Gasteiger charge is 2.30. The molecular formula is C14H14F3N3OS2. The number of halogens is 3. The first-order chi connectivity index (χ1) is 10.9. The van der Waals surface area contributed by atoms with Crippen LogP contribution in [-0.4, -0.2) is 23.3 Å². The molecule has 1 aromatic heterocycles. The smallest absolute Gasteiger partial charge is 0.338 e. The Balaban J connectivity index is 1.70. The van der Waals surface area contributed by atoms with E-state index in [1.165, 1.54) is 12.1 Å². The third-order valence-electron chi connectivity index (χ3n) is 2.69. The number of aromatic nitrogens is 1. The zero-order valence-corrected chi connectivity index (χ0v) is 13.5. The number of carbonyl (C=O) groups is 1. The van der Waals surface area contributed by atoms with Crippen molar-refractivity contribution in [1.82, 2.24) is 10.3 Å². The van der Waals surface area contributed by atoms with Crippen molar-refractivity contribution in [3.63, 3.8) is 0 Å². The van der Waals surface area contributed by atoms with Crippen LogP contribution < -0.4 is 10.6 Å². The minimum absolute atomic E-state index is 0.106. The van der Waals surface area contributed by atoms with Gasteiger partial charge in [-0.25, -0.2) is 9.78 Å². The van der Waals surface area contributed by atoms with E-state index < -0.39 is 17.8 Å². The average Bonchev–Trinajstić information content (AvgIpc) is 2.99. The molecule has 0 bridgehead atoms. The van der Waals surface area contributed by atoms with Gasteiger partial charge in [0.15, 0.2) is 0 Å². The molecule has 0 atom stereocenters. The fourth-order valence-corrected chi connectivity index (χ4v) is 3.31. The number of nitrogens with one attached hydrogen (secondary N) is 2. The molecule has 2 amide bonds. The second-order valence-electron chi connectivity index (χ2n) is 4.46. The van der Waals surface area contributed by atoms with E-state index in [4.69, 9.17) is 0 Å². The third-order valence-corrected chi connectivity index (χ3v) is 4.74. The quantitative estimate of drug-likeness (QED) is 0.590. The molecule has 4 nitrogen and oxygen atoms in total. The third kappa shape index (κ3) is 6.11. The van der Waals surface area contributed by atoms with Crippen LogP contribution >= 0.6 is 23.1 Å². The van der Waals surface area contributed by atoms with Gasteiger partial charge in [-0.2, -0.15) is 13.2 Å². The lowest BCUT2D eigenvalue weighted by Crippen LogP contribution is -2.29. The van der Waals surface area contributed by atoms with Gasteiger partial charge < -0.3 is 10.6 Å². The molecule has 124 valence electrons. The lowest BCUT2D eigenvalue weighted by Gasteiger charge is -2.10. The maximum Gasteiger partial charge on any atom is 0.416 e. The Kier molecular flexibility index (Phi) is 6.28. The standard InChI is InChI=1S/C14H14F3N3OS2/c15-14(16,17)10-3-1-4-11(9-10)20-12(21)18-5-2-7-22-13-19-6-8-23-13/h1,3-4,6,8-9H,2,5,7H2,(H2,18,20,21). The molecule has 23 heavy (non-hydrogen) atoms. The first-order valence-corrected chi connectivity index (χ1v) is 8.56. The summed E-state index contributed by atoms with van der Waals surface area (Å²) in [7, 11) is 0.